The van der Waals surface area contributed by atoms with Gasteiger partial charge in [0.1, 0.15) is 5.60 Å². The van der Waals surface area contributed by atoms with Gasteiger partial charge in [-0.3, -0.25) is 0 Å². The van der Waals surface area contributed by atoms with E-state index < -0.39 is 5.60 Å². The van der Waals surface area contributed by atoms with Gasteiger partial charge in [-0.2, -0.15) is 0 Å². The summed E-state index contributed by atoms with van der Waals surface area (Å²) in [4.78, 5) is 0. The number of hydrogen-bond donors (Lipinski definition) is 1. The lowest BCUT2D eigenvalue weighted by Gasteiger charge is -2.52. The van der Waals surface area contributed by atoms with Crippen LogP contribution < -0.4 is 0 Å². The summed E-state index contributed by atoms with van der Waals surface area (Å²) in [6.45, 7) is 4.18. The van der Waals surface area contributed by atoms with Gasteiger partial charge in [-0.1, -0.05) is 37.3 Å². The summed E-state index contributed by atoms with van der Waals surface area (Å²) in [6, 6.07) is 0. The zero-order valence-electron chi connectivity index (χ0n) is 14.2. The van der Waals surface area contributed by atoms with Crippen molar-refractivity contribution in [3.63, 3.8) is 0 Å². The van der Waals surface area contributed by atoms with Gasteiger partial charge in [-0.25, -0.2) is 0 Å². The number of allylic oxidation sites excluding steroid dienone is 2. The van der Waals surface area contributed by atoms with Crippen molar-refractivity contribution in [2.45, 2.75) is 77.2 Å². The summed E-state index contributed by atoms with van der Waals surface area (Å²) in [5.74, 6) is 9.44. The molecular formula is C21H30O. The normalized spacial score (nSPS) is 50.0. The zero-order chi connectivity index (χ0) is 15.4. The molecule has 3 saturated carbocycles. The Morgan fingerprint density at radius 1 is 1.09 bits per heavy atom. The van der Waals surface area contributed by atoms with Gasteiger partial charge in [0.2, 0.25) is 0 Å². The topological polar surface area (TPSA) is 20.2 Å². The molecule has 0 heterocycles. The Morgan fingerprint density at radius 3 is 2.73 bits per heavy atom. The average Bonchev–Trinajstić information content (AvgIpc) is 2.79. The minimum absolute atomic E-state index is 0.0221. The lowest BCUT2D eigenvalue weighted by molar-refractivity contribution is -0.0398. The average molecular weight is 298 g/mol. The van der Waals surface area contributed by atoms with E-state index in [0.717, 1.165) is 30.6 Å². The Bertz CT molecular complexity index is 550. The number of hydrogen-bond acceptors (Lipinski definition) is 1. The van der Waals surface area contributed by atoms with Gasteiger partial charge in [0, 0.05) is 5.41 Å². The highest BCUT2D eigenvalue weighted by Gasteiger charge is 2.60. The minimum atomic E-state index is -0.752. The number of fused-ring (bicyclic) bond motifs is 5. The van der Waals surface area contributed by atoms with E-state index in [1.54, 1.807) is 5.57 Å². The second-order valence-corrected chi connectivity index (χ2v) is 8.54. The summed E-state index contributed by atoms with van der Waals surface area (Å²) in [6.07, 6.45) is 14.2. The first-order chi connectivity index (χ1) is 10.6. The second kappa shape index (κ2) is 5.13. The quantitative estimate of drug-likeness (QED) is 0.507. The van der Waals surface area contributed by atoms with E-state index in [2.05, 4.69) is 24.8 Å². The molecule has 120 valence electrons. The third kappa shape index (κ3) is 1.89. The fourth-order valence-electron chi connectivity index (χ4n) is 6.55. The van der Waals surface area contributed by atoms with Crippen molar-refractivity contribution < 1.29 is 5.11 Å². The SMILES string of the molecule is CC#C[C@]1(O)CC[C@H]2[C@@H]3CCC4CCCC[C@@H]4C3=CC[C@@]21C. The van der Waals surface area contributed by atoms with Crippen LogP contribution in [0.4, 0.5) is 0 Å². The third-order valence-corrected chi connectivity index (χ3v) is 7.77. The molecule has 0 bridgehead atoms. The van der Waals surface area contributed by atoms with Crippen LogP contribution in [0.25, 0.3) is 0 Å². The summed E-state index contributed by atoms with van der Waals surface area (Å²) < 4.78 is 0. The van der Waals surface area contributed by atoms with Gasteiger partial charge in [0.05, 0.1) is 0 Å². The second-order valence-electron chi connectivity index (χ2n) is 8.54. The molecule has 0 radical (unpaired) electrons. The molecule has 1 heteroatoms. The minimum Gasteiger partial charge on any atom is -0.377 e. The number of aliphatic hydroxyl groups is 1. The summed E-state index contributed by atoms with van der Waals surface area (Å²) in [5, 5.41) is 11.2. The zero-order valence-corrected chi connectivity index (χ0v) is 14.2. The Morgan fingerprint density at radius 2 is 1.91 bits per heavy atom. The first-order valence-corrected chi connectivity index (χ1v) is 9.45. The van der Waals surface area contributed by atoms with Crippen LogP contribution in [0.2, 0.25) is 0 Å². The maximum atomic E-state index is 11.2. The molecule has 0 aromatic carbocycles. The van der Waals surface area contributed by atoms with Gasteiger partial charge < -0.3 is 5.11 Å². The Hall–Kier alpha value is -0.740. The van der Waals surface area contributed by atoms with Gasteiger partial charge >= 0.3 is 0 Å². The van der Waals surface area contributed by atoms with Crippen molar-refractivity contribution in [2.75, 3.05) is 0 Å². The van der Waals surface area contributed by atoms with Crippen LogP contribution in [-0.4, -0.2) is 10.7 Å². The van der Waals surface area contributed by atoms with Crippen molar-refractivity contribution in [2.24, 2.45) is 29.1 Å². The molecule has 0 aromatic rings. The molecule has 0 amide bonds. The molecule has 22 heavy (non-hydrogen) atoms. The molecule has 4 aliphatic carbocycles. The molecule has 0 saturated heterocycles. The Kier molecular flexibility index (Phi) is 3.46. The third-order valence-electron chi connectivity index (χ3n) is 7.77. The summed E-state index contributed by atoms with van der Waals surface area (Å²) >= 11 is 0. The fourth-order valence-corrected chi connectivity index (χ4v) is 6.55. The van der Waals surface area contributed by atoms with Crippen molar-refractivity contribution in [1.82, 2.24) is 0 Å². The molecule has 0 aliphatic heterocycles. The van der Waals surface area contributed by atoms with E-state index in [1.165, 1.54) is 44.9 Å². The maximum absolute atomic E-state index is 11.2. The van der Waals surface area contributed by atoms with Crippen molar-refractivity contribution in [3.8, 4) is 11.8 Å². The number of rotatable bonds is 0. The van der Waals surface area contributed by atoms with Gasteiger partial charge in [-0.05, 0) is 75.5 Å². The summed E-state index contributed by atoms with van der Waals surface area (Å²) in [7, 11) is 0. The Balaban J connectivity index is 1.69. The van der Waals surface area contributed by atoms with Crippen LogP contribution in [0.5, 0.6) is 0 Å². The first kappa shape index (κ1) is 14.8. The van der Waals surface area contributed by atoms with Crippen LogP contribution >= 0.6 is 0 Å². The van der Waals surface area contributed by atoms with Gasteiger partial charge in [0.25, 0.3) is 0 Å². The monoisotopic (exact) mass is 298 g/mol. The van der Waals surface area contributed by atoms with Crippen LogP contribution in [0, 0.1) is 40.9 Å². The molecule has 3 fully saturated rings. The van der Waals surface area contributed by atoms with E-state index in [9.17, 15) is 5.11 Å². The van der Waals surface area contributed by atoms with Crippen LogP contribution in [0.3, 0.4) is 0 Å². The molecule has 1 unspecified atom stereocenters. The molecule has 6 atom stereocenters. The smallest absolute Gasteiger partial charge is 0.131 e. The molecule has 0 aromatic heterocycles. The van der Waals surface area contributed by atoms with Crippen molar-refractivity contribution in [3.05, 3.63) is 11.6 Å². The van der Waals surface area contributed by atoms with E-state index >= 15 is 0 Å². The van der Waals surface area contributed by atoms with Crippen molar-refractivity contribution in [1.29, 1.82) is 0 Å². The van der Waals surface area contributed by atoms with E-state index in [4.69, 9.17) is 0 Å². The molecule has 4 aliphatic rings. The standard InChI is InChI=1S/C21H30O/c1-3-12-21(22)14-11-19-18-9-8-15-6-4-5-7-16(15)17(18)10-13-20(19,21)2/h10,15-16,18-19,22H,4-9,11,13-14H2,1-2H3/t15?,16-,18+,19-,20-,21-/m0/s1. The highest BCUT2D eigenvalue weighted by atomic mass is 16.3. The predicted octanol–water partition coefficient (Wildman–Crippen LogP) is 4.70. The first-order valence-electron chi connectivity index (χ1n) is 9.45. The van der Waals surface area contributed by atoms with Gasteiger partial charge in [-0.15, -0.1) is 5.92 Å². The van der Waals surface area contributed by atoms with Gasteiger partial charge in [0.15, 0.2) is 0 Å². The maximum Gasteiger partial charge on any atom is 0.131 e. The lowest BCUT2D eigenvalue weighted by Crippen LogP contribution is -2.49. The Labute approximate surface area is 135 Å². The lowest BCUT2D eigenvalue weighted by atomic mass is 9.53. The summed E-state index contributed by atoms with van der Waals surface area (Å²) in [5.41, 5.74) is 1.02. The van der Waals surface area contributed by atoms with Crippen molar-refractivity contribution >= 4 is 0 Å². The van der Waals surface area contributed by atoms with Crippen LogP contribution in [0.15, 0.2) is 11.6 Å². The predicted molar refractivity (Wildman–Crippen MR) is 90.1 cm³/mol. The molecule has 1 nitrogen and oxygen atoms in total. The van der Waals surface area contributed by atoms with Crippen LogP contribution in [-0.2, 0) is 0 Å². The molecule has 0 spiro atoms. The highest BCUT2D eigenvalue weighted by Crippen LogP contribution is 2.63. The molecule has 4 rings (SSSR count). The van der Waals surface area contributed by atoms with E-state index in [0.29, 0.717) is 5.92 Å². The van der Waals surface area contributed by atoms with Crippen LogP contribution in [0.1, 0.15) is 71.6 Å². The molecule has 1 N–H and O–H groups in total. The van der Waals surface area contributed by atoms with E-state index in [-0.39, 0.29) is 5.41 Å². The fraction of sp³-hybridized carbons (Fsp3) is 0.810. The van der Waals surface area contributed by atoms with E-state index in [1.807, 2.05) is 6.92 Å². The molecular weight excluding hydrogens is 268 g/mol. The largest absolute Gasteiger partial charge is 0.377 e. The highest BCUT2D eigenvalue weighted by molar-refractivity contribution is 5.31.